The average molecular weight is 174 g/mol. The predicted molar refractivity (Wildman–Crippen MR) is 44.8 cm³/mol. The van der Waals surface area contributed by atoms with Crippen LogP contribution in [0.1, 0.15) is 6.42 Å². The van der Waals surface area contributed by atoms with Gasteiger partial charge in [-0.25, -0.2) is 5.06 Å². The van der Waals surface area contributed by atoms with Gasteiger partial charge in [0, 0.05) is 14.1 Å². The first-order chi connectivity index (χ1) is 5.65. The van der Waals surface area contributed by atoms with E-state index in [4.69, 9.17) is 4.74 Å². The summed E-state index contributed by atoms with van der Waals surface area (Å²) >= 11 is 0. The molecule has 0 aliphatic heterocycles. The number of hydrogen-bond acceptors (Lipinski definition) is 4. The Morgan fingerprint density at radius 1 is 1.50 bits per heavy atom. The van der Waals surface area contributed by atoms with E-state index in [1.54, 1.807) is 7.05 Å². The zero-order chi connectivity index (χ0) is 9.56. The summed E-state index contributed by atoms with van der Waals surface area (Å²) in [5, 5.41) is 1.13. The second-order valence-electron chi connectivity index (χ2n) is 2.07. The van der Waals surface area contributed by atoms with Crippen LogP contribution in [-0.4, -0.2) is 45.2 Å². The van der Waals surface area contributed by atoms with Crippen molar-refractivity contribution in [2.75, 3.05) is 28.3 Å². The van der Waals surface area contributed by atoms with Crippen molar-refractivity contribution in [3.05, 3.63) is 0 Å². The second-order valence-corrected chi connectivity index (χ2v) is 2.07. The van der Waals surface area contributed by atoms with Gasteiger partial charge < -0.3 is 4.74 Å². The van der Waals surface area contributed by atoms with E-state index in [1.807, 2.05) is 0 Å². The molecule has 0 rings (SSSR count). The molecule has 0 saturated heterocycles. The largest absolute Gasteiger partial charge is 0.484 e. The Bertz CT molecular complexity index is 179. The SMILES string of the molecule is CN=C(CC(=O)N(C)OC)OC. The fourth-order valence-electron chi connectivity index (χ4n) is 0.585. The Morgan fingerprint density at radius 2 is 2.08 bits per heavy atom. The molecule has 0 spiro atoms. The van der Waals surface area contributed by atoms with E-state index in [1.165, 1.54) is 21.3 Å². The van der Waals surface area contributed by atoms with E-state index < -0.39 is 0 Å². The third-order valence-corrected chi connectivity index (χ3v) is 1.41. The van der Waals surface area contributed by atoms with E-state index in [0.29, 0.717) is 5.90 Å². The third-order valence-electron chi connectivity index (χ3n) is 1.41. The van der Waals surface area contributed by atoms with Gasteiger partial charge in [0.05, 0.1) is 14.2 Å². The first kappa shape index (κ1) is 10.9. The summed E-state index contributed by atoms with van der Waals surface area (Å²) in [6, 6.07) is 0. The summed E-state index contributed by atoms with van der Waals surface area (Å²) in [6.07, 6.45) is 0.122. The van der Waals surface area contributed by atoms with Crippen LogP contribution in [-0.2, 0) is 14.4 Å². The molecule has 0 aromatic heterocycles. The van der Waals surface area contributed by atoms with Gasteiger partial charge in [-0.15, -0.1) is 0 Å². The number of nitrogens with zero attached hydrogens (tertiary/aromatic N) is 2. The van der Waals surface area contributed by atoms with Crippen molar-refractivity contribution in [3.8, 4) is 0 Å². The molecule has 70 valence electrons. The van der Waals surface area contributed by atoms with Crippen molar-refractivity contribution in [3.63, 3.8) is 0 Å². The zero-order valence-electron chi connectivity index (χ0n) is 7.83. The highest BCUT2D eigenvalue weighted by atomic mass is 16.7. The Kier molecular flexibility index (Phi) is 5.03. The maximum atomic E-state index is 11.1. The van der Waals surface area contributed by atoms with Gasteiger partial charge in [0.2, 0.25) is 0 Å². The number of carbonyl (C=O) groups excluding carboxylic acids is 1. The van der Waals surface area contributed by atoms with Crippen LogP contribution in [0.2, 0.25) is 0 Å². The van der Waals surface area contributed by atoms with Crippen LogP contribution in [0.5, 0.6) is 0 Å². The molecule has 0 radical (unpaired) electrons. The van der Waals surface area contributed by atoms with Crippen LogP contribution >= 0.6 is 0 Å². The van der Waals surface area contributed by atoms with Gasteiger partial charge in [0.1, 0.15) is 6.42 Å². The van der Waals surface area contributed by atoms with Crippen LogP contribution in [0.3, 0.4) is 0 Å². The molecule has 5 heteroatoms. The first-order valence-electron chi connectivity index (χ1n) is 3.46. The van der Waals surface area contributed by atoms with Gasteiger partial charge in [-0.05, 0) is 0 Å². The highest BCUT2D eigenvalue weighted by molar-refractivity contribution is 5.96. The molecule has 0 heterocycles. The van der Waals surface area contributed by atoms with Crippen LogP contribution < -0.4 is 0 Å². The summed E-state index contributed by atoms with van der Waals surface area (Å²) in [5.41, 5.74) is 0. The fraction of sp³-hybridized carbons (Fsp3) is 0.714. The molecule has 0 aliphatic carbocycles. The summed E-state index contributed by atoms with van der Waals surface area (Å²) in [7, 11) is 6.00. The molecule has 0 aromatic rings. The van der Waals surface area contributed by atoms with E-state index in [2.05, 4.69) is 9.83 Å². The molecule has 12 heavy (non-hydrogen) atoms. The molecule has 0 saturated carbocycles. The number of hydroxylamine groups is 2. The first-order valence-corrected chi connectivity index (χ1v) is 3.46. The lowest BCUT2D eigenvalue weighted by atomic mass is 10.4. The molecule has 0 bridgehead atoms. The third kappa shape index (κ3) is 3.34. The van der Waals surface area contributed by atoms with Gasteiger partial charge in [-0.2, -0.15) is 0 Å². The van der Waals surface area contributed by atoms with Gasteiger partial charge >= 0.3 is 0 Å². The smallest absolute Gasteiger partial charge is 0.255 e. The average Bonchev–Trinajstić information content (AvgIpc) is 2.12. The molecular formula is C7H14N2O3. The number of methoxy groups -OCH3 is 1. The van der Waals surface area contributed by atoms with Crippen molar-refractivity contribution in [1.29, 1.82) is 0 Å². The lowest BCUT2D eigenvalue weighted by Gasteiger charge is -2.13. The molecule has 5 nitrogen and oxygen atoms in total. The van der Waals surface area contributed by atoms with Crippen molar-refractivity contribution in [2.24, 2.45) is 4.99 Å². The van der Waals surface area contributed by atoms with Crippen molar-refractivity contribution in [1.82, 2.24) is 5.06 Å². The minimum atomic E-state index is -0.194. The van der Waals surface area contributed by atoms with E-state index in [-0.39, 0.29) is 12.3 Å². The molecule has 0 N–H and O–H groups in total. The van der Waals surface area contributed by atoms with E-state index in [0.717, 1.165) is 5.06 Å². The zero-order valence-corrected chi connectivity index (χ0v) is 7.83. The molecule has 0 unspecified atom stereocenters. The maximum absolute atomic E-state index is 11.1. The standard InChI is InChI=1S/C7H14N2O3/c1-8-6(11-3)5-7(10)9(2)12-4/h5H2,1-4H3. The van der Waals surface area contributed by atoms with Crippen molar-refractivity contribution in [2.45, 2.75) is 6.42 Å². The summed E-state index contributed by atoms with van der Waals surface area (Å²) < 4.78 is 4.81. The summed E-state index contributed by atoms with van der Waals surface area (Å²) in [6.45, 7) is 0. The second kappa shape index (κ2) is 5.54. The van der Waals surface area contributed by atoms with Gasteiger partial charge in [-0.1, -0.05) is 0 Å². The summed E-state index contributed by atoms with van der Waals surface area (Å²) in [4.78, 5) is 19.6. The van der Waals surface area contributed by atoms with Gasteiger partial charge in [0.15, 0.2) is 5.90 Å². The topological polar surface area (TPSA) is 51.1 Å². The normalized spacial score (nSPS) is 11.2. The molecule has 0 atom stereocenters. The highest BCUT2D eigenvalue weighted by Crippen LogP contribution is 1.94. The monoisotopic (exact) mass is 174 g/mol. The molecule has 1 amide bonds. The Morgan fingerprint density at radius 3 is 2.42 bits per heavy atom. The van der Waals surface area contributed by atoms with Crippen LogP contribution in [0.4, 0.5) is 0 Å². The Hall–Kier alpha value is -1.10. The van der Waals surface area contributed by atoms with E-state index >= 15 is 0 Å². The number of amides is 1. The number of hydrogen-bond donors (Lipinski definition) is 0. The number of rotatable bonds is 3. The minimum Gasteiger partial charge on any atom is -0.484 e. The van der Waals surface area contributed by atoms with Crippen LogP contribution in [0, 0.1) is 0 Å². The highest BCUT2D eigenvalue weighted by Gasteiger charge is 2.11. The number of aliphatic imine (C=N–C) groups is 1. The summed E-state index contributed by atoms with van der Waals surface area (Å²) in [5.74, 6) is 0.198. The molecule has 0 aromatic carbocycles. The Balaban J connectivity index is 3.99. The van der Waals surface area contributed by atoms with Crippen LogP contribution in [0.25, 0.3) is 0 Å². The lowest BCUT2D eigenvalue weighted by molar-refractivity contribution is -0.167. The van der Waals surface area contributed by atoms with Crippen molar-refractivity contribution < 1.29 is 14.4 Å². The number of carbonyl (C=O) groups is 1. The van der Waals surface area contributed by atoms with E-state index in [9.17, 15) is 4.79 Å². The quantitative estimate of drug-likeness (QED) is 0.345. The number of ether oxygens (including phenoxy) is 1. The fourth-order valence-corrected chi connectivity index (χ4v) is 0.585. The molecule has 0 fully saturated rings. The maximum Gasteiger partial charge on any atom is 0.255 e. The minimum absolute atomic E-state index is 0.122. The van der Waals surface area contributed by atoms with Crippen LogP contribution in [0.15, 0.2) is 4.99 Å². The van der Waals surface area contributed by atoms with Gasteiger partial charge in [-0.3, -0.25) is 14.6 Å². The lowest BCUT2D eigenvalue weighted by Crippen LogP contribution is -2.27. The molecular weight excluding hydrogens is 160 g/mol. The predicted octanol–water partition coefficient (Wildman–Crippen LogP) is 0.0710. The Labute approximate surface area is 71.9 Å². The van der Waals surface area contributed by atoms with Gasteiger partial charge in [0.25, 0.3) is 5.91 Å². The van der Waals surface area contributed by atoms with Crippen molar-refractivity contribution >= 4 is 11.8 Å². The molecule has 0 aliphatic rings.